The molecule has 20 heavy (non-hydrogen) atoms. The highest BCUT2D eigenvalue weighted by atomic mass is 35.5. The fraction of sp³-hybridized carbons (Fsp3) is 0.0769. The molecule has 0 amide bonds. The van der Waals surface area contributed by atoms with Gasteiger partial charge in [0.15, 0.2) is 0 Å². The molecule has 0 aromatic heterocycles. The minimum absolute atomic E-state index is 0.00725. The van der Waals surface area contributed by atoms with Gasteiger partial charge >= 0.3 is 0 Å². The molecule has 0 unspecified atom stereocenters. The number of hydrogen-bond acceptors (Lipinski definition) is 3. The monoisotopic (exact) mass is 315 g/mol. The Labute approximate surface area is 123 Å². The SMILES string of the molecule is O=[N+]([O-])c1ccc(OCc2ccc(F)c(Cl)c2)cc1Cl. The number of nitro groups is 1. The second-order valence-electron chi connectivity index (χ2n) is 3.91. The summed E-state index contributed by atoms with van der Waals surface area (Å²) in [5.41, 5.74) is 0.481. The van der Waals surface area contributed by atoms with E-state index in [1.54, 1.807) is 0 Å². The number of benzene rings is 2. The van der Waals surface area contributed by atoms with E-state index in [2.05, 4.69) is 0 Å². The van der Waals surface area contributed by atoms with E-state index in [4.69, 9.17) is 27.9 Å². The van der Waals surface area contributed by atoms with Gasteiger partial charge in [-0.25, -0.2) is 4.39 Å². The molecule has 0 saturated carbocycles. The number of halogens is 3. The predicted octanol–water partition coefficient (Wildman–Crippen LogP) is 4.62. The van der Waals surface area contributed by atoms with E-state index >= 15 is 0 Å². The summed E-state index contributed by atoms with van der Waals surface area (Å²) in [6.45, 7) is 0.147. The maximum atomic E-state index is 13.0. The highest BCUT2D eigenvalue weighted by Crippen LogP contribution is 2.28. The molecule has 0 aliphatic rings. The minimum Gasteiger partial charge on any atom is -0.489 e. The second-order valence-corrected chi connectivity index (χ2v) is 4.72. The zero-order valence-corrected chi connectivity index (χ0v) is 11.5. The molecule has 0 aliphatic carbocycles. The van der Waals surface area contributed by atoms with Crippen LogP contribution in [0.2, 0.25) is 10.0 Å². The normalized spacial score (nSPS) is 10.3. The van der Waals surface area contributed by atoms with Crippen molar-refractivity contribution >= 4 is 28.9 Å². The van der Waals surface area contributed by atoms with E-state index < -0.39 is 10.7 Å². The first-order valence-corrected chi connectivity index (χ1v) is 6.23. The van der Waals surface area contributed by atoms with Gasteiger partial charge in [0.05, 0.1) is 9.95 Å². The highest BCUT2D eigenvalue weighted by Gasteiger charge is 2.12. The summed E-state index contributed by atoms with van der Waals surface area (Å²) < 4.78 is 18.4. The van der Waals surface area contributed by atoms with Crippen molar-refractivity contribution in [1.82, 2.24) is 0 Å². The number of hydrogen-bond donors (Lipinski definition) is 0. The summed E-state index contributed by atoms with van der Waals surface area (Å²) in [5, 5.41) is 10.6. The van der Waals surface area contributed by atoms with Crippen molar-refractivity contribution in [2.24, 2.45) is 0 Å². The van der Waals surface area contributed by atoms with Gasteiger partial charge in [-0.2, -0.15) is 0 Å². The summed E-state index contributed by atoms with van der Waals surface area (Å²) in [7, 11) is 0. The van der Waals surface area contributed by atoms with E-state index in [0.717, 1.165) is 0 Å². The number of rotatable bonds is 4. The Balaban J connectivity index is 2.09. The Kier molecular flexibility index (Phi) is 4.42. The van der Waals surface area contributed by atoms with Gasteiger partial charge in [0.2, 0.25) is 0 Å². The van der Waals surface area contributed by atoms with Gasteiger partial charge in [-0.1, -0.05) is 29.3 Å². The molecule has 4 nitrogen and oxygen atoms in total. The number of nitro benzene ring substituents is 1. The summed E-state index contributed by atoms with van der Waals surface area (Å²) in [6, 6.07) is 8.28. The predicted molar refractivity (Wildman–Crippen MR) is 73.8 cm³/mol. The van der Waals surface area contributed by atoms with E-state index in [1.165, 1.54) is 36.4 Å². The second kappa shape index (κ2) is 6.07. The minimum atomic E-state index is -0.578. The van der Waals surface area contributed by atoms with Gasteiger partial charge in [0, 0.05) is 12.1 Å². The molecule has 0 heterocycles. The lowest BCUT2D eigenvalue weighted by Crippen LogP contribution is -1.97. The fourth-order valence-electron chi connectivity index (χ4n) is 1.52. The van der Waals surface area contributed by atoms with Crippen molar-refractivity contribution in [3.8, 4) is 5.75 Å². The summed E-state index contributed by atoms with van der Waals surface area (Å²) in [6.07, 6.45) is 0. The van der Waals surface area contributed by atoms with Crippen LogP contribution in [0.3, 0.4) is 0 Å². The first-order chi connectivity index (χ1) is 9.47. The molecule has 2 aromatic carbocycles. The fourth-order valence-corrected chi connectivity index (χ4v) is 1.96. The molecule has 0 aliphatic heterocycles. The lowest BCUT2D eigenvalue weighted by Gasteiger charge is -2.07. The van der Waals surface area contributed by atoms with Gasteiger partial charge in [0.1, 0.15) is 23.2 Å². The molecule has 2 rings (SSSR count). The van der Waals surface area contributed by atoms with E-state index in [9.17, 15) is 14.5 Å². The summed E-state index contributed by atoms with van der Waals surface area (Å²) in [4.78, 5) is 10.0. The van der Waals surface area contributed by atoms with Crippen LogP contribution in [0, 0.1) is 15.9 Å². The van der Waals surface area contributed by atoms with E-state index in [1.807, 2.05) is 0 Å². The van der Waals surface area contributed by atoms with Crippen molar-refractivity contribution in [3.05, 3.63) is 67.9 Å². The van der Waals surface area contributed by atoms with Crippen molar-refractivity contribution in [3.63, 3.8) is 0 Å². The van der Waals surface area contributed by atoms with Crippen LogP contribution in [-0.2, 0) is 6.61 Å². The van der Waals surface area contributed by atoms with Gasteiger partial charge in [0.25, 0.3) is 5.69 Å². The molecule has 0 spiro atoms. The molecule has 2 aromatic rings. The van der Waals surface area contributed by atoms with E-state index in [-0.39, 0.29) is 22.3 Å². The third kappa shape index (κ3) is 3.37. The zero-order valence-electron chi connectivity index (χ0n) is 9.98. The Bertz CT molecular complexity index is 664. The smallest absolute Gasteiger partial charge is 0.288 e. The van der Waals surface area contributed by atoms with Crippen molar-refractivity contribution in [2.75, 3.05) is 0 Å². The first kappa shape index (κ1) is 14.6. The zero-order chi connectivity index (χ0) is 14.7. The van der Waals surface area contributed by atoms with Crippen LogP contribution in [0.1, 0.15) is 5.56 Å². The average molecular weight is 316 g/mol. The van der Waals surface area contributed by atoms with Crippen LogP contribution in [0.5, 0.6) is 5.75 Å². The topological polar surface area (TPSA) is 52.4 Å². The molecular formula is C13H8Cl2FNO3. The maximum Gasteiger partial charge on any atom is 0.288 e. The molecule has 0 radical (unpaired) electrons. The summed E-state index contributed by atoms with van der Waals surface area (Å²) >= 11 is 11.4. The third-order valence-electron chi connectivity index (χ3n) is 2.51. The van der Waals surface area contributed by atoms with Crippen LogP contribution in [0.4, 0.5) is 10.1 Å². The molecule has 104 valence electrons. The Morgan fingerprint density at radius 2 is 1.90 bits per heavy atom. The maximum absolute atomic E-state index is 13.0. The quantitative estimate of drug-likeness (QED) is 0.611. The van der Waals surface area contributed by atoms with Crippen LogP contribution in [0.25, 0.3) is 0 Å². The third-order valence-corrected chi connectivity index (χ3v) is 3.10. The van der Waals surface area contributed by atoms with Crippen molar-refractivity contribution in [1.29, 1.82) is 0 Å². The largest absolute Gasteiger partial charge is 0.489 e. The standard InChI is InChI=1S/C13H8Cl2FNO3/c14-10-5-8(1-3-12(10)16)7-20-9-2-4-13(17(18)19)11(15)6-9/h1-6H,7H2. The van der Waals surface area contributed by atoms with Gasteiger partial charge < -0.3 is 4.74 Å². The first-order valence-electron chi connectivity index (χ1n) is 5.48. The number of ether oxygens (including phenoxy) is 1. The molecular weight excluding hydrogens is 308 g/mol. The molecule has 0 N–H and O–H groups in total. The molecule has 0 fully saturated rings. The molecule has 7 heteroatoms. The highest BCUT2D eigenvalue weighted by molar-refractivity contribution is 6.32. The van der Waals surface area contributed by atoms with Gasteiger partial charge in [-0.15, -0.1) is 0 Å². The average Bonchev–Trinajstić information content (AvgIpc) is 2.40. The van der Waals surface area contributed by atoms with Crippen LogP contribution in [-0.4, -0.2) is 4.92 Å². The van der Waals surface area contributed by atoms with Gasteiger partial charge in [-0.3, -0.25) is 10.1 Å². The molecule has 0 atom stereocenters. The van der Waals surface area contributed by atoms with Crippen molar-refractivity contribution in [2.45, 2.75) is 6.61 Å². The van der Waals surface area contributed by atoms with Gasteiger partial charge in [-0.05, 0) is 23.8 Å². The Hall–Kier alpha value is -1.85. The lowest BCUT2D eigenvalue weighted by atomic mass is 10.2. The van der Waals surface area contributed by atoms with Crippen molar-refractivity contribution < 1.29 is 14.1 Å². The Morgan fingerprint density at radius 1 is 1.15 bits per heavy atom. The van der Waals surface area contributed by atoms with Crippen LogP contribution >= 0.6 is 23.2 Å². The number of nitrogens with zero attached hydrogens (tertiary/aromatic N) is 1. The van der Waals surface area contributed by atoms with E-state index in [0.29, 0.717) is 11.3 Å². The van der Waals surface area contributed by atoms with Crippen LogP contribution in [0.15, 0.2) is 36.4 Å². The molecule has 0 bridgehead atoms. The Morgan fingerprint density at radius 3 is 2.50 bits per heavy atom. The molecule has 0 saturated heterocycles. The van der Waals surface area contributed by atoms with Crippen LogP contribution < -0.4 is 4.74 Å². The lowest BCUT2D eigenvalue weighted by molar-refractivity contribution is -0.384. The summed E-state index contributed by atoms with van der Waals surface area (Å²) in [5.74, 6) is -0.130.